The van der Waals surface area contributed by atoms with Crippen LogP contribution in [-0.2, 0) is 11.2 Å². The monoisotopic (exact) mass is 345 g/mol. The minimum Gasteiger partial charge on any atom is -0.493 e. The zero-order chi connectivity index (χ0) is 18.4. The molecule has 1 amide bonds. The lowest BCUT2D eigenvalue weighted by atomic mass is 10.1. The zero-order valence-corrected chi connectivity index (χ0v) is 14.1. The molecule has 0 aliphatic heterocycles. The van der Waals surface area contributed by atoms with Crippen molar-refractivity contribution >= 4 is 17.6 Å². The second kappa shape index (κ2) is 8.28. The summed E-state index contributed by atoms with van der Waals surface area (Å²) in [5.41, 5.74) is 0.705. The van der Waals surface area contributed by atoms with Crippen LogP contribution in [0, 0.1) is 11.7 Å². The first-order valence-electron chi connectivity index (χ1n) is 7.89. The fourth-order valence-electron chi connectivity index (χ4n) is 2.12. The van der Waals surface area contributed by atoms with Crippen LogP contribution in [-0.4, -0.2) is 23.6 Å². The third-order valence-corrected chi connectivity index (χ3v) is 3.33. The summed E-state index contributed by atoms with van der Waals surface area (Å²) in [4.78, 5) is 22.9. The molecule has 132 valence electrons. The van der Waals surface area contributed by atoms with Gasteiger partial charge < -0.3 is 15.2 Å². The summed E-state index contributed by atoms with van der Waals surface area (Å²) in [6, 6.07) is 10.6. The smallest absolute Gasteiger partial charge is 0.307 e. The van der Waals surface area contributed by atoms with Gasteiger partial charge in [-0.15, -0.1) is 0 Å². The van der Waals surface area contributed by atoms with Crippen molar-refractivity contribution in [1.82, 2.24) is 0 Å². The number of benzene rings is 2. The Bertz CT molecular complexity index is 774. The Balaban J connectivity index is 2.08. The summed E-state index contributed by atoms with van der Waals surface area (Å²) >= 11 is 0. The maximum atomic E-state index is 13.9. The Morgan fingerprint density at radius 3 is 2.60 bits per heavy atom. The van der Waals surface area contributed by atoms with Gasteiger partial charge in [-0.3, -0.25) is 9.59 Å². The molecule has 0 aliphatic rings. The van der Waals surface area contributed by atoms with Gasteiger partial charge >= 0.3 is 5.97 Å². The van der Waals surface area contributed by atoms with Crippen LogP contribution >= 0.6 is 0 Å². The first-order valence-corrected chi connectivity index (χ1v) is 7.89. The fraction of sp³-hybridized carbons (Fsp3) is 0.263. The number of anilines is 1. The number of hydrogen-bond acceptors (Lipinski definition) is 3. The Morgan fingerprint density at radius 2 is 1.96 bits per heavy atom. The van der Waals surface area contributed by atoms with Crippen LogP contribution in [0.3, 0.4) is 0 Å². The van der Waals surface area contributed by atoms with Crippen molar-refractivity contribution < 1.29 is 23.8 Å². The summed E-state index contributed by atoms with van der Waals surface area (Å²) < 4.78 is 19.5. The lowest BCUT2D eigenvalue weighted by Gasteiger charge is -2.11. The van der Waals surface area contributed by atoms with Gasteiger partial charge in [-0.05, 0) is 41.8 Å². The molecule has 6 heteroatoms. The van der Waals surface area contributed by atoms with Crippen molar-refractivity contribution in [2.24, 2.45) is 5.92 Å². The molecule has 0 fully saturated rings. The summed E-state index contributed by atoms with van der Waals surface area (Å²) in [7, 11) is 0. The molecular weight excluding hydrogens is 325 g/mol. The van der Waals surface area contributed by atoms with E-state index in [2.05, 4.69) is 5.32 Å². The van der Waals surface area contributed by atoms with Crippen LogP contribution in [0.5, 0.6) is 5.75 Å². The summed E-state index contributed by atoms with van der Waals surface area (Å²) in [5, 5.41) is 11.3. The molecule has 2 aromatic rings. The van der Waals surface area contributed by atoms with E-state index in [9.17, 15) is 14.0 Å². The molecule has 0 spiro atoms. The number of rotatable bonds is 7. The van der Waals surface area contributed by atoms with E-state index in [4.69, 9.17) is 9.84 Å². The van der Waals surface area contributed by atoms with Gasteiger partial charge in [-0.25, -0.2) is 4.39 Å². The fourth-order valence-corrected chi connectivity index (χ4v) is 2.12. The molecule has 0 aromatic heterocycles. The highest BCUT2D eigenvalue weighted by atomic mass is 19.1. The van der Waals surface area contributed by atoms with Crippen LogP contribution in [0.15, 0.2) is 42.5 Å². The average Bonchev–Trinajstić information content (AvgIpc) is 2.55. The van der Waals surface area contributed by atoms with Crippen molar-refractivity contribution in [3.8, 4) is 5.75 Å². The van der Waals surface area contributed by atoms with Crippen LogP contribution < -0.4 is 10.1 Å². The normalized spacial score (nSPS) is 10.6. The maximum absolute atomic E-state index is 13.9. The Morgan fingerprint density at radius 1 is 1.20 bits per heavy atom. The third kappa shape index (κ3) is 5.60. The van der Waals surface area contributed by atoms with E-state index in [0.717, 1.165) is 6.07 Å². The number of carboxylic acids is 1. The number of carbonyl (C=O) groups excluding carboxylic acids is 1. The number of amides is 1. The molecule has 0 saturated carbocycles. The summed E-state index contributed by atoms with van der Waals surface area (Å²) in [6.07, 6.45) is -0.407. The first-order chi connectivity index (χ1) is 11.8. The minimum atomic E-state index is -1.12. The molecule has 0 heterocycles. The average molecular weight is 345 g/mol. The standard InChI is InChI=1S/C19H20FNO4/c1-12(2)11-25-16-5-3-4-14(8-16)19(24)21-15-7-6-13(9-18(22)23)17(20)10-15/h3-8,10,12H,9,11H2,1-2H3,(H,21,24)(H,22,23). The molecule has 0 radical (unpaired) electrons. The number of nitrogens with one attached hydrogen (secondary N) is 1. The Hall–Kier alpha value is -2.89. The lowest BCUT2D eigenvalue weighted by molar-refractivity contribution is -0.136. The SMILES string of the molecule is CC(C)COc1cccc(C(=O)Nc2ccc(CC(=O)O)c(F)c2)c1. The van der Waals surface area contributed by atoms with Crippen molar-refractivity contribution in [3.63, 3.8) is 0 Å². The Kier molecular flexibility index (Phi) is 6.11. The van der Waals surface area contributed by atoms with E-state index in [0.29, 0.717) is 23.8 Å². The largest absolute Gasteiger partial charge is 0.493 e. The molecular formula is C19H20FNO4. The van der Waals surface area contributed by atoms with Gasteiger partial charge in [0.2, 0.25) is 0 Å². The predicted molar refractivity (Wildman–Crippen MR) is 92.5 cm³/mol. The number of carbonyl (C=O) groups is 2. The summed E-state index contributed by atoms with van der Waals surface area (Å²) in [6.45, 7) is 4.60. The molecule has 5 nitrogen and oxygen atoms in total. The van der Waals surface area contributed by atoms with Gasteiger partial charge in [-0.1, -0.05) is 26.0 Å². The van der Waals surface area contributed by atoms with Crippen LogP contribution in [0.1, 0.15) is 29.8 Å². The second-order valence-electron chi connectivity index (χ2n) is 6.06. The molecule has 2 rings (SSSR count). The van der Waals surface area contributed by atoms with Gasteiger partial charge in [0, 0.05) is 11.3 Å². The van der Waals surface area contributed by atoms with Gasteiger partial charge in [0.05, 0.1) is 13.0 Å². The number of hydrogen-bond donors (Lipinski definition) is 2. The highest BCUT2D eigenvalue weighted by Crippen LogP contribution is 2.18. The first kappa shape index (κ1) is 18.4. The van der Waals surface area contributed by atoms with E-state index < -0.39 is 24.1 Å². The number of halogens is 1. The van der Waals surface area contributed by atoms with Crippen LogP contribution in [0.2, 0.25) is 0 Å². The molecule has 0 bridgehead atoms. The summed E-state index contributed by atoms with van der Waals surface area (Å²) in [5.74, 6) is -1.24. The maximum Gasteiger partial charge on any atom is 0.307 e. The minimum absolute atomic E-state index is 0.0644. The van der Waals surface area contributed by atoms with Crippen LogP contribution in [0.25, 0.3) is 0 Å². The molecule has 0 atom stereocenters. The number of ether oxygens (including phenoxy) is 1. The molecule has 0 aliphatic carbocycles. The van der Waals surface area contributed by atoms with E-state index in [1.54, 1.807) is 24.3 Å². The van der Waals surface area contributed by atoms with Gasteiger partial charge in [-0.2, -0.15) is 0 Å². The zero-order valence-electron chi connectivity index (χ0n) is 14.1. The van der Waals surface area contributed by atoms with Crippen molar-refractivity contribution in [2.45, 2.75) is 20.3 Å². The van der Waals surface area contributed by atoms with Crippen molar-refractivity contribution in [2.75, 3.05) is 11.9 Å². The van der Waals surface area contributed by atoms with Crippen LogP contribution in [0.4, 0.5) is 10.1 Å². The van der Waals surface area contributed by atoms with Crippen molar-refractivity contribution in [3.05, 3.63) is 59.4 Å². The van der Waals surface area contributed by atoms with E-state index >= 15 is 0 Å². The highest BCUT2D eigenvalue weighted by molar-refractivity contribution is 6.04. The molecule has 25 heavy (non-hydrogen) atoms. The molecule has 2 aromatic carbocycles. The topological polar surface area (TPSA) is 75.6 Å². The number of carboxylic acid groups (broad SMARTS) is 1. The lowest BCUT2D eigenvalue weighted by Crippen LogP contribution is -2.13. The quantitative estimate of drug-likeness (QED) is 0.801. The number of aliphatic carboxylic acids is 1. The van der Waals surface area contributed by atoms with E-state index in [1.165, 1.54) is 12.1 Å². The molecule has 0 saturated heterocycles. The molecule has 2 N–H and O–H groups in total. The molecule has 0 unspecified atom stereocenters. The van der Waals surface area contributed by atoms with Gasteiger partial charge in [0.25, 0.3) is 5.91 Å². The Labute approximate surface area is 145 Å². The highest BCUT2D eigenvalue weighted by Gasteiger charge is 2.11. The third-order valence-electron chi connectivity index (χ3n) is 3.33. The van der Waals surface area contributed by atoms with Gasteiger partial charge in [0.1, 0.15) is 11.6 Å². The van der Waals surface area contributed by atoms with Gasteiger partial charge in [0.15, 0.2) is 0 Å². The van der Waals surface area contributed by atoms with E-state index in [1.807, 2.05) is 13.8 Å². The van der Waals surface area contributed by atoms with E-state index in [-0.39, 0.29) is 11.3 Å². The second-order valence-corrected chi connectivity index (χ2v) is 6.06. The van der Waals surface area contributed by atoms with Crippen molar-refractivity contribution in [1.29, 1.82) is 0 Å². The predicted octanol–water partition coefficient (Wildman–Crippen LogP) is 3.74.